The highest BCUT2D eigenvalue weighted by atomic mass is 35.5. The highest BCUT2D eigenvalue weighted by Gasteiger charge is 2.12. The zero-order chi connectivity index (χ0) is 10.7. The van der Waals surface area contributed by atoms with Crippen molar-refractivity contribution in [3.8, 4) is 0 Å². The summed E-state index contributed by atoms with van der Waals surface area (Å²) in [7, 11) is 0. The van der Waals surface area contributed by atoms with Crippen LogP contribution in [-0.4, -0.2) is 0 Å². The Kier molecular flexibility index (Phi) is 6.62. The van der Waals surface area contributed by atoms with Gasteiger partial charge in [-0.2, -0.15) is 0 Å². The van der Waals surface area contributed by atoms with Crippen LogP contribution in [0, 0.1) is 5.92 Å². The minimum Gasteiger partial charge on any atom is -0.324 e. The van der Waals surface area contributed by atoms with E-state index in [0.717, 1.165) is 12.0 Å². The monoisotopic (exact) mass is 267 g/mol. The first kappa shape index (κ1) is 15.0. The Labute approximate surface area is 107 Å². The Balaban J connectivity index is 0.00000196. The minimum atomic E-state index is -0.0267. The lowest BCUT2D eigenvalue weighted by Crippen LogP contribution is -2.13. The third kappa shape index (κ3) is 4.60. The summed E-state index contributed by atoms with van der Waals surface area (Å²) in [6, 6.07) is 5.38. The van der Waals surface area contributed by atoms with Crippen molar-refractivity contribution in [2.75, 3.05) is 0 Å². The molecule has 0 aromatic heterocycles. The fourth-order valence-electron chi connectivity index (χ4n) is 1.43. The topological polar surface area (TPSA) is 26.0 Å². The second-order valence-corrected chi connectivity index (χ2v) is 4.75. The average Bonchev–Trinajstić information content (AvgIpc) is 2.08. The van der Waals surface area contributed by atoms with Gasteiger partial charge in [0.25, 0.3) is 0 Å². The maximum Gasteiger partial charge on any atom is 0.0454 e. The highest BCUT2D eigenvalue weighted by Crippen LogP contribution is 2.28. The van der Waals surface area contributed by atoms with Gasteiger partial charge in [-0.25, -0.2) is 0 Å². The molecule has 2 N–H and O–H groups in total. The molecule has 0 aliphatic heterocycles. The first-order chi connectivity index (χ1) is 6.50. The van der Waals surface area contributed by atoms with Crippen LogP contribution in [0.5, 0.6) is 0 Å². The summed E-state index contributed by atoms with van der Waals surface area (Å²) in [5, 5.41) is 1.38. The van der Waals surface area contributed by atoms with Gasteiger partial charge in [0.2, 0.25) is 0 Å². The van der Waals surface area contributed by atoms with Crippen molar-refractivity contribution in [2.24, 2.45) is 11.7 Å². The van der Waals surface area contributed by atoms with Gasteiger partial charge in [0.15, 0.2) is 0 Å². The number of nitrogens with two attached hydrogens (primary N) is 1. The maximum absolute atomic E-state index is 6.04. The molecular formula is C11H16Cl3N. The molecule has 0 bridgehead atoms. The van der Waals surface area contributed by atoms with Crippen LogP contribution in [0.4, 0.5) is 0 Å². The van der Waals surface area contributed by atoms with E-state index < -0.39 is 0 Å². The van der Waals surface area contributed by atoms with Crippen molar-refractivity contribution in [2.45, 2.75) is 26.3 Å². The second kappa shape index (κ2) is 6.59. The second-order valence-electron chi connectivity index (χ2n) is 3.90. The van der Waals surface area contributed by atoms with Gasteiger partial charge in [-0.1, -0.05) is 37.0 Å². The van der Waals surface area contributed by atoms with E-state index in [1.54, 1.807) is 12.1 Å². The molecule has 0 amide bonds. The summed E-state index contributed by atoms with van der Waals surface area (Å²) < 4.78 is 0. The van der Waals surface area contributed by atoms with Gasteiger partial charge in [-0.3, -0.25) is 0 Å². The molecule has 1 rings (SSSR count). The third-order valence-electron chi connectivity index (χ3n) is 2.08. The van der Waals surface area contributed by atoms with Crippen molar-refractivity contribution < 1.29 is 0 Å². The van der Waals surface area contributed by atoms with E-state index in [2.05, 4.69) is 13.8 Å². The predicted molar refractivity (Wildman–Crippen MR) is 70.1 cm³/mol. The third-order valence-corrected chi connectivity index (χ3v) is 2.66. The lowest BCUT2D eigenvalue weighted by molar-refractivity contribution is 0.510. The predicted octanol–water partition coefficient (Wildman–Crippen LogP) is 4.46. The van der Waals surface area contributed by atoms with Gasteiger partial charge in [-0.15, -0.1) is 12.4 Å². The largest absolute Gasteiger partial charge is 0.324 e. The van der Waals surface area contributed by atoms with Crippen LogP contribution >= 0.6 is 35.6 Å². The van der Waals surface area contributed by atoms with E-state index in [1.807, 2.05) is 6.07 Å². The van der Waals surface area contributed by atoms with Crippen LogP contribution in [-0.2, 0) is 0 Å². The Hall–Kier alpha value is 0.0500. The zero-order valence-electron chi connectivity index (χ0n) is 8.84. The number of halogens is 3. The molecule has 0 spiro atoms. The normalized spacial score (nSPS) is 12.4. The summed E-state index contributed by atoms with van der Waals surface area (Å²) in [5.74, 6) is 0.556. The average molecular weight is 269 g/mol. The van der Waals surface area contributed by atoms with E-state index in [4.69, 9.17) is 28.9 Å². The first-order valence-electron chi connectivity index (χ1n) is 4.71. The molecule has 15 heavy (non-hydrogen) atoms. The minimum absolute atomic E-state index is 0. The van der Waals surface area contributed by atoms with Gasteiger partial charge in [0.05, 0.1) is 0 Å². The molecule has 0 saturated heterocycles. The summed E-state index contributed by atoms with van der Waals surface area (Å²) in [6.07, 6.45) is 0.917. The van der Waals surface area contributed by atoms with E-state index in [9.17, 15) is 0 Å². The van der Waals surface area contributed by atoms with Gasteiger partial charge in [0, 0.05) is 16.1 Å². The lowest BCUT2D eigenvalue weighted by atomic mass is 9.98. The van der Waals surface area contributed by atoms with Crippen molar-refractivity contribution in [3.05, 3.63) is 33.8 Å². The molecule has 0 unspecified atom stereocenters. The standard InChI is InChI=1S/C11H15Cl2N.ClH/c1-7(2)5-11(14)9-6-8(12)3-4-10(9)13;/h3-4,6-7,11H,5,14H2,1-2H3;1H/t11-;/m1./s1. The maximum atomic E-state index is 6.04. The smallest absolute Gasteiger partial charge is 0.0454 e. The number of benzene rings is 1. The molecule has 0 aliphatic carbocycles. The molecule has 1 atom stereocenters. The first-order valence-corrected chi connectivity index (χ1v) is 5.47. The molecule has 1 aromatic rings. The van der Waals surface area contributed by atoms with Gasteiger partial charge >= 0.3 is 0 Å². The van der Waals surface area contributed by atoms with E-state index in [0.29, 0.717) is 16.0 Å². The molecule has 0 aliphatic rings. The highest BCUT2D eigenvalue weighted by molar-refractivity contribution is 6.33. The summed E-state index contributed by atoms with van der Waals surface area (Å²) in [5.41, 5.74) is 6.96. The molecule has 0 radical (unpaired) electrons. The van der Waals surface area contributed by atoms with Crippen LogP contribution in [0.2, 0.25) is 10.0 Å². The van der Waals surface area contributed by atoms with Crippen LogP contribution in [0.3, 0.4) is 0 Å². The molecular weight excluding hydrogens is 252 g/mol. The Morgan fingerprint density at radius 1 is 1.27 bits per heavy atom. The Morgan fingerprint density at radius 3 is 2.40 bits per heavy atom. The van der Waals surface area contributed by atoms with Gasteiger partial charge < -0.3 is 5.73 Å². The molecule has 86 valence electrons. The van der Waals surface area contributed by atoms with Gasteiger partial charge in [0.1, 0.15) is 0 Å². The molecule has 4 heteroatoms. The molecule has 0 fully saturated rings. The zero-order valence-corrected chi connectivity index (χ0v) is 11.2. The number of rotatable bonds is 3. The van der Waals surface area contributed by atoms with E-state index in [1.165, 1.54) is 0 Å². The number of hydrogen-bond donors (Lipinski definition) is 1. The van der Waals surface area contributed by atoms with Crippen molar-refractivity contribution in [1.29, 1.82) is 0 Å². The fourth-order valence-corrected chi connectivity index (χ4v) is 1.87. The molecule has 1 nitrogen and oxygen atoms in total. The fraction of sp³-hybridized carbons (Fsp3) is 0.455. The van der Waals surface area contributed by atoms with Crippen molar-refractivity contribution in [1.82, 2.24) is 0 Å². The van der Waals surface area contributed by atoms with Crippen LogP contribution in [0.1, 0.15) is 31.9 Å². The molecule has 0 heterocycles. The SMILES string of the molecule is CC(C)C[C@@H](N)c1cc(Cl)ccc1Cl.Cl. The van der Waals surface area contributed by atoms with Crippen LogP contribution < -0.4 is 5.73 Å². The van der Waals surface area contributed by atoms with Crippen molar-refractivity contribution >= 4 is 35.6 Å². The summed E-state index contributed by atoms with van der Waals surface area (Å²) in [4.78, 5) is 0. The lowest BCUT2D eigenvalue weighted by Gasteiger charge is -2.16. The quantitative estimate of drug-likeness (QED) is 0.860. The summed E-state index contributed by atoms with van der Waals surface area (Å²) >= 11 is 11.9. The van der Waals surface area contributed by atoms with E-state index in [-0.39, 0.29) is 18.4 Å². The van der Waals surface area contributed by atoms with Crippen molar-refractivity contribution in [3.63, 3.8) is 0 Å². The number of hydrogen-bond acceptors (Lipinski definition) is 1. The Bertz CT molecular complexity index is 313. The molecule has 1 aromatic carbocycles. The van der Waals surface area contributed by atoms with Crippen LogP contribution in [0.15, 0.2) is 18.2 Å². The Morgan fingerprint density at radius 2 is 1.87 bits per heavy atom. The van der Waals surface area contributed by atoms with E-state index >= 15 is 0 Å². The van der Waals surface area contributed by atoms with Gasteiger partial charge in [-0.05, 0) is 36.1 Å². The van der Waals surface area contributed by atoms with Crippen LogP contribution in [0.25, 0.3) is 0 Å². The molecule has 0 saturated carbocycles. The summed E-state index contributed by atoms with van der Waals surface area (Å²) in [6.45, 7) is 4.27.